The van der Waals surface area contributed by atoms with Crippen molar-refractivity contribution in [1.82, 2.24) is 0 Å². The normalized spacial score (nSPS) is 13.1. The summed E-state index contributed by atoms with van der Waals surface area (Å²) in [6, 6.07) is 3.29. The summed E-state index contributed by atoms with van der Waals surface area (Å²) < 4.78 is 22.4. The number of aliphatic hydroxyl groups is 1. The quantitative estimate of drug-likeness (QED) is 0.692. The molecule has 19 heavy (non-hydrogen) atoms. The molecule has 4 N–H and O–H groups in total. The Morgan fingerprint density at radius 3 is 2.47 bits per heavy atom. The molecule has 0 aliphatic rings. The molecule has 7 nitrogen and oxygen atoms in total. The number of likely N-dealkylation sites (N-methyl/N-ethyl adjacent to an activating group) is 1. The van der Waals surface area contributed by atoms with Gasteiger partial charge >= 0.3 is 5.97 Å². The maximum atomic E-state index is 11.2. The summed E-state index contributed by atoms with van der Waals surface area (Å²) in [5.41, 5.74) is 0.121. The van der Waals surface area contributed by atoms with Gasteiger partial charge in [0.05, 0.1) is 22.8 Å². The molecule has 0 bridgehead atoms. The number of carboxylic acid groups (broad SMARTS) is 1. The van der Waals surface area contributed by atoms with Crippen molar-refractivity contribution in [2.75, 3.05) is 18.6 Å². The Hall–Kier alpha value is -1.64. The zero-order valence-electron chi connectivity index (χ0n) is 10.6. The number of carboxylic acids is 1. The maximum Gasteiger partial charge on any atom is 0.337 e. The average molecular weight is 288 g/mol. The van der Waals surface area contributed by atoms with Gasteiger partial charge < -0.3 is 15.1 Å². The highest BCUT2D eigenvalue weighted by Gasteiger charge is 2.20. The highest BCUT2D eigenvalue weighted by Crippen LogP contribution is 2.24. The lowest BCUT2D eigenvalue weighted by atomic mass is 10.1. The van der Waals surface area contributed by atoms with Crippen molar-refractivity contribution in [2.24, 2.45) is 5.14 Å². The number of anilines is 1. The SMILES string of the molecule is CC(CO)N(C)c1ccc(S(N)(=O)=O)cc1C(=O)O. The first-order chi connectivity index (χ1) is 8.68. The first-order valence-corrected chi connectivity index (χ1v) is 6.97. The number of primary sulfonamides is 1. The molecule has 1 atom stereocenters. The highest BCUT2D eigenvalue weighted by molar-refractivity contribution is 7.89. The van der Waals surface area contributed by atoms with Gasteiger partial charge in [-0.25, -0.2) is 18.4 Å². The molecule has 0 heterocycles. The molecule has 0 aromatic heterocycles. The van der Waals surface area contributed by atoms with Crippen LogP contribution in [0.4, 0.5) is 5.69 Å². The molecule has 1 rings (SSSR count). The lowest BCUT2D eigenvalue weighted by Crippen LogP contribution is -2.33. The number of sulfonamides is 1. The predicted octanol–water partition coefficient (Wildman–Crippen LogP) is -0.151. The lowest BCUT2D eigenvalue weighted by Gasteiger charge is -2.26. The molecule has 1 unspecified atom stereocenters. The molecule has 0 fully saturated rings. The van der Waals surface area contributed by atoms with E-state index in [1.807, 2.05) is 0 Å². The Bertz CT molecular complexity index is 585. The van der Waals surface area contributed by atoms with Crippen molar-refractivity contribution in [1.29, 1.82) is 0 Å². The maximum absolute atomic E-state index is 11.2. The second kappa shape index (κ2) is 5.55. The van der Waals surface area contributed by atoms with Crippen LogP contribution in [0.25, 0.3) is 0 Å². The zero-order valence-corrected chi connectivity index (χ0v) is 11.4. The van der Waals surface area contributed by atoms with Gasteiger partial charge in [-0.3, -0.25) is 0 Å². The Kier molecular flexibility index (Phi) is 4.51. The minimum atomic E-state index is -3.96. The van der Waals surface area contributed by atoms with Gasteiger partial charge in [-0.05, 0) is 25.1 Å². The summed E-state index contributed by atoms with van der Waals surface area (Å²) in [6.45, 7) is 1.55. The van der Waals surface area contributed by atoms with E-state index in [9.17, 15) is 13.2 Å². The number of nitrogens with two attached hydrogens (primary N) is 1. The predicted molar refractivity (Wildman–Crippen MR) is 69.7 cm³/mol. The third-order valence-corrected chi connectivity index (χ3v) is 3.74. The van der Waals surface area contributed by atoms with Gasteiger partial charge in [0.1, 0.15) is 0 Å². The average Bonchev–Trinajstić information content (AvgIpc) is 2.35. The van der Waals surface area contributed by atoms with Crippen LogP contribution in [-0.2, 0) is 10.0 Å². The second-order valence-electron chi connectivity index (χ2n) is 4.17. The Balaban J connectivity index is 3.39. The van der Waals surface area contributed by atoms with Crippen LogP contribution in [0.5, 0.6) is 0 Å². The standard InChI is InChI=1S/C11H16N2O5S/c1-7(6-14)13(2)10-4-3-8(19(12,17)18)5-9(10)11(15)16/h3-5,7,14H,6H2,1-2H3,(H,15,16)(H2,12,17,18). The third kappa shape index (κ3) is 3.43. The molecule has 0 saturated heterocycles. The lowest BCUT2D eigenvalue weighted by molar-refractivity contribution is 0.0697. The Morgan fingerprint density at radius 2 is 2.05 bits per heavy atom. The number of hydrogen-bond acceptors (Lipinski definition) is 5. The van der Waals surface area contributed by atoms with Crippen LogP contribution in [0, 0.1) is 0 Å². The number of rotatable bonds is 5. The van der Waals surface area contributed by atoms with E-state index in [0.29, 0.717) is 5.69 Å². The van der Waals surface area contributed by atoms with Crippen LogP contribution >= 0.6 is 0 Å². The summed E-state index contributed by atoms with van der Waals surface area (Å²) in [7, 11) is -2.35. The number of benzene rings is 1. The number of nitrogens with zero attached hydrogens (tertiary/aromatic N) is 1. The number of aliphatic hydroxyl groups excluding tert-OH is 1. The van der Waals surface area contributed by atoms with Crippen LogP contribution in [0.3, 0.4) is 0 Å². The van der Waals surface area contributed by atoms with E-state index < -0.39 is 16.0 Å². The fourth-order valence-electron chi connectivity index (χ4n) is 1.53. The minimum Gasteiger partial charge on any atom is -0.478 e. The Labute approximate surface area is 111 Å². The van der Waals surface area contributed by atoms with Gasteiger partial charge in [-0.1, -0.05) is 0 Å². The first kappa shape index (κ1) is 15.4. The molecular formula is C11H16N2O5S. The Morgan fingerprint density at radius 1 is 1.47 bits per heavy atom. The van der Waals surface area contributed by atoms with Gasteiger partial charge in [0.2, 0.25) is 10.0 Å². The number of hydrogen-bond donors (Lipinski definition) is 3. The molecule has 106 valence electrons. The van der Waals surface area contributed by atoms with Crippen LogP contribution in [0.15, 0.2) is 23.1 Å². The van der Waals surface area contributed by atoms with Crippen molar-refractivity contribution < 1.29 is 23.4 Å². The van der Waals surface area contributed by atoms with Crippen LogP contribution in [0.2, 0.25) is 0 Å². The fraction of sp³-hybridized carbons (Fsp3) is 0.364. The van der Waals surface area contributed by atoms with Gasteiger partial charge in [-0.2, -0.15) is 0 Å². The third-order valence-electron chi connectivity index (χ3n) is 2.83. The van der Waals surface area contributed by atoms with Gasteiger partial charge in [-0.15, -0.1) is 0 Å². The molecule has 0 amide bonds. The van der Waals surface area contributed by atoms with E-state index in [2.05, 4.69) is 0 Å². The van der Waals surface area contributed by atoms with Gasteiger partial charge in [0.15, 0.2) is 0 Å². The molecule has 0 saturated carbocycles. The van der Waals surface area contributed by atoms with Crippen molar-refractivity contribution >= 4 is 21.7 Å². The summed E-state index contributed by atoms with van der Waals surface area (Å²) in [6.07, 6.45) is 0. The summed E-state index contributed by atoms with van der Waals surface area (Å²) in [5, 5.41) is 23.2. The summed E-state index contributed by atoms with van der Waals surface area (Å²) in [4.78, 5) is 12.5. The van der Waals surface area contributed by atoms with Gasteiger partial charge in [0, 0.05) is 13.1 Å². The molecule has 1 aromatic rings. The number of carbonyl (C=O) groups is 1. The fourth-order valence-corrected chi connectivity index (χ4v) is 2.07. The largest absolute Gasteiger partial charge is 0.478 e. The smallest absolute Gasteiger partial charge is 0.337 e. The summed E-state index contributed by atoms with van der Waals surface area (Å²) >= 11 is 0. The summed E-state index contributed by atoms with van der Waals surface area (Å²) in [5.74, 6) is -1.27. The topological polar surface area (TPSA) is 121 Å². The van der Waals surface area contributed by atoms with Crippen LogP contribution in [0.1, 0.15) is 17.3 Å². The van der Waals surface area contributed by atoms with E-state index in [1.54, 1.807) is 18.9 Å². The van der Waals surface area contributed by atoms with E-state index in [0.717, 1.165) is 6.07 Å². The molecular weight excluding hydrogens is 272 g/mol. The van der Waals surface area contributed by atoms with E-state index in [1.165, 1.54) is 12.1 Å². The molecule has 0 aliphatic heterocycles. The minimum absolute atomic E-state index is 0.160. The van der Waals surface area contributed by atoms with E-state index >= 15 is 0 Å². The van der Waals surface area contributed by atoms with E-state index in [-0.39, 0.29) is 23.1 Å². The molecule has 0 spiro atoms. The van der Waals surface area contributed by atoms with Gasteiger partial charge in [0.25, 0.3) is 0 Å². The molecule has 0 radical (unpaired) electrons. The monoisotopic (exact) mass is 288 g/mol. The van der Waals surface area contributed by atoms with Crippen molar-refractivity contribution in [2.45, 2.75) is 17.9 Å². The molecule has 1 aromatic carbocycles. The molecule has 0 aliphatic carbocycles. The first-order valence-electron chi connectivity index (χ1n) is 5.42. The van der Waals surface area contributed by atoms with Crippen molar-refractivity contribution in [3.8, 4) is 0 Å². The number of aromatic carboxylic acids is 1. The second-order valence-corrected chi connectivity index (χ2v) is 5.73. The highest BCUT2D eigenvalue weighted by atomic mass is 32.2. The van der Waals surface area contributed by atoms with Crippen LogP contribution < -0.4 is 10.0 Å². The van der Waals surface area contributed by atoms with Crippen molar-refractivity contribution in [3.63, 3.8) is 0 Å². The zero-order chi connectivity index (χ0) is 14.8. The van der Waals surface area contributed by atoms with E-state index in [4.69, 9.17) is 15.4 Å². The van der Waals surface area contributed by atoms with Crippen molar-refractivity contribution in [3.05, 3.63) is 23.8 Å². The van der Waals surface area contributed by atoms with Crippen LogP contribution in [-0.4, -0.2) is 44.3 Å². The molecule has 8 heteroatoms.